The van der Waals surface area contributed by atoms with Gasteiger partial charge in [-0.25, -0.2) is 9.13 Å². The third-order valence-electron chi connectivity index (χ3n) is 16.8. The van der Waals surface area contributed by atoms with E-state index in [9.17, 15) is 43.2 Å². The quantitative estimate of drug-likeness (QED) is 0.0169. The zero-order valence-corrected chi connectivity index (χ0v) is 62.7. The Labute approximate surface area is 573 Å². The van der Waals surface area contributed by atoms with Crippen molar-refractivity contribution in [1.29, 1.82) is 0 Å². The van der Waals surface area contributed by atoms with Gasteiger partial charge in [0.1, 0.15) is 19.3 Å². The van der Waals surface area contributed by atoms with Gasteiger partial charge in [-0.3, -0.25) is 37.3 Å². The molecule has 0 saturated heterocycles. The van der Waals surface area contributed by atoms with Gasteiger partial charge in [0.05, 0.1) is 26.4 Å². The zero-order chi connectivity index (χ0) is 69.4. The van der Waals surface area contributed by atoms with Crippen LogP contribution in [0.5, 0.6) is 0 Å². The minimum Gasteiger partial charge on any atom is -0.462 e. The van der Waals surface area contributed by atoms with E-state index >= 15 is 0 Å². The summed E-state index contributed by atoms with van der Waals surface area (Å²) < 4.78 is 68.4. The van der Waals surface area contributed by atoms with Crippen LogP contribution >= 0.6 is 15.6 Å². The van der Waals surface area contributed by atoms with Crippen molar-refractivity contribution in [3.8, 4) is 0 Å². The third-order valence-corrected chi connectivity index (χ3v) is 18.7. The number of hydrogen-bond donors (Lipinski definition) is 3. The molecule has 0 fully saturated rings. The summed E-state index contributed by atoms with van der Waals surface area (Å²) in [4.78, 5) is 72.7. The van der Waals surface area contributed by atoms with Crippen LogP contribution in [-0.2, 0) is 65.4 Å². The number of unbranched alkanes of at least 4 members (excludes halogenated alkanes) is 36. The Balaban J connectivity index is 5.30. The van der Waals surface area contributed by atoms with E-state index in [1.165, 1.54) is 148 Å². The fraction of sp³-hybridized carbons (Fsp3) is 0.893. The van der Waals surface area contributed by atoms with Crippen molar-refractivity contribution in [2.24, 2.45) is 17.8 Å². The fourth-order valence-electron chi connectivity index (χ4n) is 10.9. The topological polar surface area (TPSA) is 237 Å². The van der Waals surface area contributed by atoms with E-state index in [-0.39, 0.29) is 25.7 Å². The lowest BCUT2D eigenvalue weighted by Crippen LogP contribution is -2.30. The van der Waals surface area contributed by atoms with Crippen LogP contribution in [0.25, 0.3) is 0 Å². The zero-order valence-electron chi connectivity index (χ0n) is 60.9. The first-order valence-electron chi connectivity index (χ1n) is 38.2. The summed E-state index contributed by atoms with van der Waals surface area (Å²) in [5, 5.41) is 10.6. The van der Waals surface area contributed by atoms with Crippen molar-refractivity contribution in [3.05, 3.63) is 24.3 Å². The minimum absolute atomic E-state index is 0.0999. The van der Waals surface area contributed by atoms with Crippen molar-refractivity contribution >= 4 is 39.5 Å². The smallest absolute Gasteiger partial charge is 0.462 e. The molecule has 19 heteroatoms. The molecule has 0 aromatic heterocycles. The largest absolute Gasteiger partial charge is 0.472 e. The van der Waals surface area contributed by atoms with Crippen LogP contribution in [0.15, 0.2) is 24.3 Å². The second-order valence-electron chi connectivity index (χ2n) is 27.8. The Hall–Kier alpha value is -2.46. The number of allylic oxidation sites excluding steroid dienone is 4. The molecule has 0 aromatic rings. The van der Waals surface area contributed by atoms with Gasteiger partial charge in [0.15, 0.2) is 12.2 Å². The molecular formula is C75H142O17P2. The highest BCUT2D eigenvalue weighted by molar-refractivity contribution is 7.47. The normalized spacial score (nSPS) is 14.3. The Bertz CT molecular complexity index is 1930. The van der Waals surface area contributed by atoms with E-state index in [1.807, 2.05) is 0 Å². The van der Waals surface area contributed by atoms with Gasteiger partial charge in [-0.1, -0.05) is 304 Å². The van der Waals surface area contributed by atoms with Crippen molar-refractivity contribution in [3.63, 3.8) is 0 Å². The molecule has 0 bridgehead atoms. The number of aliphatic hydroxyl groups excluding tert-OH is 1. The van der Waals surface area contributed by atoms with Gasteiger partial charge in [-0.2, -0.15) is 0 Å². The Morgan fingerprint density at radius 2 is 0.574 bits per heavy atom. The lowest BCUT2D eigenvalue weighted by molar-refractivity contribution is -0.161. The number of aliphatic hydroxyl groups is 1. The summed E-state index contributed by atoms with van der Waals surface area (Å²) in [6.07, 6.45) is 53.5. The van der Waals surface area contributed by atoms with Gasteiger partial charge in [0.2, 0.25) is 0 Å². The van der Waals surface area contributed by atoms with Gasteiger partial charge in [-0.05, 0) is 69.1 Å². The number of esters is 4. The standard InChI is InChI=1S/C75H142O17P2/c1-8-9-10-11-12-13-14-15-16-19-22-27-35-42-49-56-72(77)85-62-70(91-74(79)58-51-44-37-28-23-20-17-18-21-25-32-39-46-53-66(2)3)64-89-93(81,82)87-60-69(76)61-88-94(83,84)90-65-71(63-86-73(78)57-50-43-36-31-30-34-41-48-55-68(6)7)92-75(80)59-52-45-38-29-24-26-33-40-47-54-67(4)5/h13-16,66-71,76H,8-12,17-65H2,1-7H3,(H,81,82)(H,83,84)/b14-13-,16-15-/t69?,70-,71-/m1/s1. The lowest BCUT2D eigenvalue weighted by Gasteiger charge is -2.21. The Kier molecular flexibility index (Phi) is 63.5. The Morgan fingerprint density at radius 3 is 0.862 bits per heavy atom. The number of carbonyl (C=O) groups is 4. The molecular weight excluding hydrogens is 1230 g/mol. The molecule has 17 nitrogen and oxygen atoms in total. The summed E-state index contributed by atoms with van der Waals surface area (Å²) in [6, 6.07) is 0. The van der Waals surface area contributed by atoms with Crippen LogP contribution < -0.4 is 0 Å². The summed E-state index contributed by atoms with van der Waals surface area (Å²) >= 11 is 0. The molecule has 554 valence electrons. The molecule has 0 aromatic carbocycles. The lowest BCUT2D eigenvalue weighted by atomic mass is 10.0. The SMILES string of the molecule is CCCCCC/C=C\C=C/CCCCCCCC(=O)OC[C@H](COP(=O)(O)OCC(O)COP(=O)(O)OC[C@@H](COC(=O)CCCCCCCCCCC(C)C)OC(=O)CCCCCCCCCCCC(C)C)OC(=O)CCCCCCCCCCCCCCCC(C)C. The van der Waals surface area contributed by atoms with Crippen LogP contribution in [-0.4, -0.2) is 96.7 Å². The Morgan fingerprint density at radius 1 is 0.330 bits per heavy atom. The van der Waals surface area contributed by atoms with E-state index in [0.29, 0.717) is 25.7 Å². The monoisotopic (exact) mass is 1380 g/mol. The summed E-state index contributed by atoms with van der Waals surface area (Å²) in [6.45, 7) is 11.8. The molecule has 0 radical (unpaired) electrons. The highest BCUT2D eigenvalue weighted by Gasteiger charge is 2.30. The average Bonchev–Trinajstić information content (AvgIpc) is 1.41. The van der Waals surface area contributed by atoms with Crippen molar-refractivity contribution in [2.45, 2.75) is 375 Å². The third kappa shape index (κ3) is 68.1. The second-order valence-corrected chi connectivity index (χ2v) is 30.7. The van der Waals surface area contributed by atoms with E-state index in [1.54, 1.807) is 0 Å². The minimum atomic E-state index is -4.96. The van der Waals surface area contributed by atoms with E-state index in [4.69, 9.17) is 37.0 Å². The van der Waals surface area contributed by atoms with Crippen LogP contribution in [0, 0.1) is 17.8 Å². The van der Waals surface area contributed by atoms with Gasteiger partial charge >= 0.3 is 39.5 Å². The average molecular weight is 1380 g/mol. The summed E-state index contributed by atoms with van der Waals surface area (Å²) in [5.41, 5.74) is 0. The first-order chi connectivity index (χ1) is 45.2. The molecule has 0 rings (SSSR count). The fourth-order valence-corrected chi connectivity index (χ4v) is 12.5. The highest BCUT2D eigenvalue weighted by atomic mass is 31.2. The molecule has 0 amide bonds. The molecule has 0 aliphatic heterocycles. The van der Waals surface area contributed by atoms with Gasteiger partial charge in [0, 0.05) is 25.7 Å². The molecule has 3 unspecified atom stereocenters. The molecule has 3 N–H and O–H groups in total. The van der Waals surface area contributed by atoms with E-state index in [0.717, 1.165) is 127 Å². The molecule has 5 atom stereocenters. The van der Waals surface area contributed by atoms with Crippen molar-refractivity contribution in [2.75, 3.05) is 39.6 Å². The maximum Gasteiger partial charge on any atom is 0.472 e. The first kappa shape index (κ1) is 91.5. The van der Waals surface area contributed by atoms with Crippen LogP contribution in [0.2, 0.25) is 0 Å². The number of rotatable bonds is 71. The van der Waals surface area contributed by atoms with Gasteiger partial charge < -0.3 is 33.8 Å². The molecule has 0 aliphatic carbocycles. The number of hydrogen-bond acceptors (Lipinski definition) is 15. The van der Waals surface area contributed by atoms with Gasteiger partial charge in [0.25, 0.3) is 0 Å². The molecule has 0 aliphatic rings. The predicted octanol–water partition coefficient (Wildman–Crippen LogP) is 21.3. The van der Waals surface area contributed by atoms with Gasteiger partial charge in [-0.15, -0.1) is 0 Å². The number of phosphoric acid groups is 2. The van der Waals surface area contributed by atoms with E-state index in [2.05, 4.69) is 72.8 Å². The maximum atomic E-state index is 13.1. The molecule has 0 spiro atoms. The number of ether oxygens (including phenoxy) is 4. The van der Waals surface area contributed by atoms with E-state index < -0.39 is 97.5 Å². The van der Waals surface area contributed by atoms with Crippen LogP contribution in [0.3, 0.4) is 0 Å². The predicted molar refractivity (Wildman–Crippen MR) is 381 cm³/mol. The van der Waals surface area contributed by atoms with Crippen LogP contribution in [0.1, 0.15) is 357 Å². The van der Waals surface area contributed by atoms with Crippen molar-refractivity contribution < 1.29 is 80.2 Å². The first-order valence-corrected chi connectivity index (χ1v) is 41.2. The molecule has 0 heterocycles. The summed E-state index contributed by atoms with van der Waals surface area (Å²) in [5.74, 6) is 0.0932. The second kappa shape index (κ2) is 65.2. The number of carbonyl (C=O) groups excluding carboxylic acids is 4. The maximum absolute atomic E-state index is 13.1. The summed E-state index contributed by atoms with van der Waals surface area (Å²) in [7, 11) is -9.92. The molecule has 0 saturated carbocycles. The van der Waals surface area contributed by atoms with Crippen LogP contribution in [0.4, 0.5) is 0 Å². The highest BCUT2D eigenvalue weighted by Crippen LogP contribution is 2.45. The molecule has 94 heavy (non-hydrogen) atoms. The van der Waals surface area contributed by atoms with Crippen molar-refractivity contribution in [1.82, 2.24) is 0 Å². The number of phosphoric ester groups is 2.